The highest BCUT2D eigenvalue weighted by Crippen LogP contribution is 2.22. The Kier molecular flexibility index (Phi) is 7.30. The van der Waals surface area contributed by atoms with Crippen molar-refractivity contribution in [1.82, 2.24) is 24.1 Å². The highest BCUT2D eigenvalue weighted by Gasteiger charge is 2.19. The van der Waals surface area contributed by atoms with Crippen LogP contribution in [0.15, 0.2) is 34.2 Å². The number of thioether (sulfide) groups is 1. The fourth-order valence-electron chi connectivity index (χ4n) is 3.46. The molecular weight excluding hydrogens is 386 g/mol. The van der Waals surface area contributed by atoms with Crippen molar-refractivity contribution in [2.45, 2.75) is 58.2 Å². The monoisotopic (exact) mass is 415 g/mol. The predicted molar refractivity (Wildman–Crippen MR) is 118 cm³/mol. The molecule has 2 aromatic heterocycles. The van der Waals surface area contributed by atoms with Gasteiger partial charge in [-0.3, -0.25) is 18.6 Å². The normalized spacial score (nSPS) is 11.4. The van der Waals surface area contributed by atoms with Crippen LogP contribution < -0.4 is 5.56 Å². The van der Waals surface area contributed by atoms with Gasteiger partial charge in [0.25, 0.3) is 5.56 Å². The fourth-order valence-corrected chi connectivity index (χ4v) is 4.31. The Morgan fingerprint density at radius 1 is 1.07 bits per heavy atom. The lowest BCUT2D eigenvalue weighted by Gasteiger charge is -2.21. The number of nitrogens with zero attached hydrogens (tertiary/aromatic N) is 5. The summed E-state index contributed by atoms with van der Waals surface area (Å²) in [5.41, 5.74) is 0.734. The van der Waals surface area contributed by atoms with E-state index in [0.29, 0.717) is 28.6 Å². The van der Waals surface area contributed by atoms with Gasteiger partial charge in [-0.2, -0.15) is 0 Å². The van der Waals surface area contributed by atoms with Gasteiger partial charge in [0.1, 0.15) is 0 Å². The van der Waals surface area contributed by atoms with Gasteiger partial charge in [-0.05, 0) is 31.4 Å². The first-order valence-electron chi connectivity index (χ1n) is 10.4. The Balaban J connectivity index is 1.98. The van der Waals surface area contributed by atoms with E-state index < -0.39 is 0 Å². The van der Waals surface area contributed by atoms with Crippen LogP contribution in [0.25, 0.3) is 16.7 Å². The predicted octanol–water partition coefficient (Wildman–Crippen LogP) is 3.59. The van der Waals surface area contributed by atoms with Crippen LogP contribution in [-0.2, 0) is 11.3 Å². The minimum atomic E-state index is -0.0429. The van der Waals surface area contributed by atoms with Crippen LogP contribution in [-0.4, -0.2) is 48.8 Å². The molecule has 29 heavy (non-hydrogen) atoms. The summed E-state index contributed by atoms with van der Waals surface area (Å²) in [5, 5.41) is 9.91. The van der Waals surface area contributed by atoms with Gasteiger partial charge in [0, 0.05) is 19.6 Å². The summed E-state index contributed by atoms with van der Waals surface area (Å²) >= 11 is 1.38. The van der Waals surface area contributed by atoms with Gasteiger partial charge in [0.2, 0.25) is 11.7 Å². The van der Waals surface area contributed by atoms with Crippen LogP contribution in [0.5, 0.6) is 0 Å². The molecule has 0 saturated heterocycles. The van der Waals surface area contributed by atoms with Crippen molar-refractivity contribution in [3.05, 3.63) is 34.6 Å². The van der Waals surface area contributed by atoms with Crippen LogP contribution in [0, 0.1) is 0 Å². The number of hydrogen-bond donors (Lipinski definition) is 0. The van der Waals surface area contributed by atoms with E-state index in [9.17, 15) is 9.59 Å². The molecule has 156 valence electrons. The summed E-state index contributed by atoms with van der Waals surface area (Å²) in [5.74, 6) is 0.957. The van der Waals surface area contributed by atoms with Gasteiger partial charge in [0.05, 0.1) is 16.7 Å². The second-order valence-electron chi connectivity index (χ2n) is 7.11. The summed E-state index contributed by atoms with van der Waals surface area (Å²) in [7, 11) is 0. The van der Waals surface area contributed by atoms with Crippen LogP contribution in [0.4, 0.5) is 0 Å². The summed E-state index contributed by atoms with van der Waals surface area (Å²) in [4.78, 5) is 27.6. The van der Waals surface area contributed by atoms with E-state index in [4.69, 9.17) is 0 Å². The van der Waals surface area contributed by atoms with E-state index in [-0.39, 0.29) is 11.5 Å². The van der Waals surface area contributed by atoms with E-state index in [1.165, 1.54) is 11.8 Å². The molecule has 0 radical (unpaired) electrons. The van der Waals surface area contributed by atoms with Crippen molar-refractivity contribution in [2.24, 2.45) is 0 Å². The first-order chi connectivity index (χ1) is 14.1. The maximum Gasteiger partial charge on any atom is 0.262 e. The van der Waals surface area contributed by atoms with Crippen LogP contribution >= 0.6 is 11.8 Å². The molecule has 1 amide bonds. The fraction of sp³-hybridized carbons (Fsp3) is 0.524. The molecular formula is C21H29N5O2S. The second-order valence-corrected chi connectivity index (χ2v) is 8.06. The summed E-state index contributed by atoms with van der Waals surface area (Å²) in [6, 6.07) is 7.52. The number of fused-ring (bicyclic) bond motifs is 3. The minimum Gasteiger partial charge on any atom is -0.342 e. The lowest BCUT2D eigenvalue weighted by Crippen LogP contribution is -2.33. The Hall–Kier alpha value is -2.35. The minimum absolute atomic E-state index is 0.0429. The maximum atomic E-state index is 13.0. The Labute approximate surface area is 175 Å². The van der Waals surface area contributed by atoms with Crippen molar-refractivity contribution in [3.8, 4) is 0 Å². The third kappa shape index (κ3) is 4.47. The van der Waals surface area contributed by atoms with E-state index in [1.807, 2.05) is 33.6 Å². The Morgan fingerprint density at radius 2 is 1.79 bits per heavy atom. The van der Waals surface area contributed by atoms with Crippen molar-refractivity contribution in [2.75, 3.05) is 18.8 Å². The van der Waals surface area contributed by atoms with Crippen molar-refractivity contribution in [1.29, 1.82) is 0 Å². The average molecular weight is 416 g/mol. The molecule has 0 bridgehead atoms. The Bertz CT molecular complexity index is 1040. The van der Waals surface area contributed by atoms with Gasteiger partial charge in [0.15, 0.2) is 5.16 Å². The first kappa shape index (κ1) is 21.4. The SMILES string of the molecule is CCCCn1c(=O)c2ccccc2n2c(SCC(=O)N(CCC)CCC)nnc12. The van der Waals surface area contributed by atoms with E-state index in [2.05, 4.69) is 31.0 Å². The molecule has 0 spiro atoms. The van der Waals surface area contributed by atoms with Crippen molar-refractivity contribution < 1.29 is 4.79 Å². The molecule has 0 saturated carbocycles. The second kappa shape index (κ2) is 9.91. The first-order valence-corrected chi connectivity index (χ1v) is 11.4. The topological polar surface area (TPSA) is 72.5 Å². The molecule has 2 heterocycles. The summed E-state index contributed by atoms with van der Waals surface area (Å²) in [6.45, 7) is 8.40. The van der Waals surface area contributed by atoms with Crippen LogP contribution in [0.3, 0.4) is 0 Å². The van der Waals surface area contributed by atoms with Crippen molar-refractivity contribution >= 4 is 34.3 Å². The number of carbonyl (C=O) groups excluding carboxylic acids is 1. The molecule has 8 heteroatoms. The number of rotatable bonds is 10. The maximum absolute atomic E-state index is 13.0. The zero-order chi connectivity index (χ0) is 20.8. The lowest BCUT2D eigenvalue weighted by molar-refractivity contribution is -0.128. The highest BCUT2D eigenvalue weighted by atomic mass is 32.2. The zero-order valence-corrected chi connectivity index (χ0v) is 18.2. The zero-order valence-electron chi connectivity index (χ0n) is 17.4. The molecule has 3 rings (SSSR count). The molecule has 7 nitrogen and oxygen atoms in total. The molecule has 0 atom stereocenters. The van der Waals surface area contributed by atoms with Gasteiger partial charge >= 0.3 is 0 Å². The molecule has 1 aromatic carbocycles. The number of aromatic nitrogens is 4. The highest BCUT2D eigenvalue weighted by molar-refractivity contribution is 7.99. The molecule has 0 fully saturated rings. The average Bonchev–Trinajstić information content (AvgIpc) is 3.16. The quantitative estimate of drug-likeness (QED) is 0.473. The molecule has 0 N–H and O–H groups in total. The van der Waals surface area contributed by atoms with E-state index in [0.717, 1.165) is 44.3 Å². The van der Waals surface area contributed by atoms with Crippen LogP contribution in [0.2, 0.25) is 0 Å². The number of benzene rings is 1. The smallest absolute Gasteiger partial charge is 0.262 e. The molecule has 0 aliphatic rings. The van der Waals surface area contributed by atoms with Gasteiger partial charge in [-0.15, -0.1) is 10.2 Å². The van der Waals surface area contributed by atoms with Gasteiger partial charge in [-0.1, -0.05) is 51.1 Å². The summed E-state index contributed by atoms with van der Waals surface area (Å²) in [6.07, 6.45) is 3.77. The molecule has 0 aliphatic carbocycles. The number of aryl methyl sites for hydroxylation is 1. The van der Waals surface area contributed by atoms with E-state index >= 15 is 0 Å². The lowest BCUT2D eigenvalue weighted by atomic mass is 10.2. The van der Waals surface area contributed by atoms with Crippen molar-refractivity contribution in [3.63, 3.8) is 0 Å². The molecule has 3 aromatic rings. The van der Waals surface area contributed by atoms with Gasteiger partial charge < -0.3 is 4.90 Å². The number of para-hydroxylation sites is 1. The number of unbranched alkanes of at least 4 members (excludes halogenated alkanes) is 1. The van der Waals surface area contributed by atoms with E-state index in [1.54, 1.807) is 4.57 Å². The number of hydrogen-bond acceptors (Lipinski definition) is 5. The third-order valence-corrected chi connectivity index (χ3v) is 5.79. The molecule has 0 aliphatic heterocycles. The standard InChI is InChI=1S/C21H29N5O2S/c1-4-7-14-25-19(28)16-10-8-9-11-17(16)26-20(25)22-23-21(26)29-15-18(27)24(12-5-2)13-6-3/h8-11H,4-7,12-15H2,1-3H3. The number of carbonyl (C=O) groups is 1. The van der Waals surface area contributed by atoms with Gasteiger partial charge in [-0.25, -0.2) is 0 Å². The Morgan fingerprint density at radius 3 is 2.48 bits per heavy atom. The summed E-state index contributed by atoms with van der Waals surface area (Å²) < 4.78 is 3.61. The number of amides is 1. The third-order valence-electron chi connectivity index (χ3n) is 4.88. The van der Waals surface area contributed by atoms with Crippen LogP contribution in [0.1, 0.15) is 46.5 Å². The molecule has 0 unspecified atom stereocenters. The largest absolute Gasteiger partial charge is 0.342 e.